The molecule has 3 rings (SSSR count). The smallest absolute Gasteiger partial charge is 0.248 e. The molecule has 10 heteroatoms. The van der Waals surface area contributed by atoms with Gasteiger partial charge in [0.15, 0.2) is 0 Å². The lowest BCUT2D eigenvalue weighted by Crippen LogP contribution is -2.12. The Balaban J connectivity index is 2.00. The van der Waals surface area contributed by atoms with Crippen LogP contribution in [0.25, 0.3) is 10.9 Å². The molecule has 0 aliphatic heterocycles. The number of fused-ring (bicyclic) bond motifs is 1. The average Bonchev–Trinajstić information content (AvgIpc) is 2.75. The van der Waals surface area contributed by atoms with Crippen LogP contribution in [0.4, 0.5) is 21.6 Å². The fourth-order valence-electron chi connectivity index (χ4n) is 2.67. The second-order valence-corrected chi connectivity index (χ2v) is 7.28. The zero-order chi connectivity index (χ0) is 22.2. The molecule has 3 aromatic rings. The van der Waals surface area contributed by atoms with Gasteiger partial charge in [0.1, 0.15) is 30.3 Å². The molecule has 0 unspecified atom stereocenters. The van der Waals surface area contributed by atoms with Crippen LogP contribution in [0.5, 0.6) is 5.75 Å². The van der Waals surface area contributed by atoms with Gasteiger partial charge in [-0.15, -0.1) is 0 Å². The highest BCUT2D eigenvalue weighted by atomic mass is 79.9. The van der Waals surface area contributed by atoms with Crippen LogP contribution < -0.4 is 15.4 Å². The highest BCUT2D eigenvalue weighted by molar-refractivity contribution is 9.09. The number of halogens is 3. The number of ether oxygens (including phenoxy) is 2. The number of methoxy groups -OCH3 is 1. The van der Waals surface area contributed by atoms with Gasteiger partial charge in [-0.05, 0) is 24.3 Å². The number of alkyl halides is 1. The lowest BCUT2D eigenvalue weighted by Gasteiger charge is -2.15. The van der Waals surface area contributed by atoms with E-state index in [1.54, 1.807) is 31.4 Å². The molecular formula is C21H19BrClFN4O3. The number of benzene rings is 2. The third-order valence-corrected chi connectivity index (χ3v) is 4.74. The van der Waals surface area contributed by atoms with Crippen LogP contribution in [-0.4, -0.2) is 41.5 Å². The summed E-state index contributed by atoms with van der Waals surface area (Å²) in [6, 6.07) is 7.69. The van der Waals surface area contributed by atoms with Gasteiger partial charge in [0.05, 0.1) is 22.8 Å². The molecule has 1 heterocycles. The summed E-state index contributed by atoms with van der Waals surface area (Å²) in [7, 11) is 1.57. The Hall–Kier alpha value is -2.75. The maximum Gasteiger partial charge on any atom is 0.248 e. The molecule has 0 saturated carbocycles. The summed E-state index contributed by atoms with van der Waals surface area (Å²) in [6.45, 7) is 0.684. The van der Waals surface area contributed by atoms with Crippen molar-refractivity contribution >= 4 is 61.5 Å². The Labute approximate surface area is 191 Å². The quantitative estimate of drug-likeness (QED) is 0.238. The number of allylic oxidation sites excluding steroid dienone is 1. The van der Waals surface area contributed by atoms with E-state index >= 15 is 0 Å². The number of carbonyl (C=O) groups is 1. The maximum atomic E-state index is 13.5. The molecule has 2 aromatic carbocycles. The van der Waals surface area contributed by atoms with Crippen LogP contribution in [0, 0.1) is 5.82 Å². The highest BCUT2D eigenvalue weighted by Crippen LogP contribution is 2.34. The molecule has 1 amide bonds. The Morgan fingerprint density at radius 1 is 1.26 bits per heavy atom. The van der Waals surface area contributed by atoms with Crippen molar-refractivity contribution in [2.75, 3.05) is 36.3 Å². The number of hydrogen-bond donors (Lipinski definition) is 2. The third-order valence-electron chi connectivity index (χ3n) is 4.08. The molecule has 0 radical (unpaired) electrons. The average molecular weight is 510 g/mol. The van der Waals surface area contributed by atoms with E-state index in [1.165, 1.54) is 24.5 Å². The second kappa shape index (κ2) is 11.0. The third kappa shape index (κ3) is 6.13. The lowest BCUT2D eigenvalue weighted by atomic mass is 10.1. The van der Waals surface area contributed by atoms with Crippen LogP contribution in [-0.2, 0) is 9.53 Å². The van der Waals surface area contributed by atoms with Crippen LogP contribution in [0.2, 0.25) is 5.02 Å². The minimum atomic E-state index is -0.515. The van der Waals surface area contributed by atoms with Crippen LogP contribution in [0.1, 0.15) is 0 Å². The van der Waals surface area contributed by atoms with E-state index in [2.05, 4.69) is 36.5 Å². The number of anilines is 3. The Kier molecular flexibility index (Phi) is 8.16. The van der Waals surface area contributed by atoms with Crippen molar-refractivity contribution in [2.45, 2.75) is 0 Å². The number of amides is 1. The molecule has 0 fully saturated rings. The predicted octanol–water partition coefficient (Wildman–Crippen LogP) is 5.08. The van der Waals surface area contributed by atoms with Crippen molar-refractivity contribution in [3.8, 4) is 5.75 Å². The predicted molar refractivity (Wildman–Crippen MR) is 123 cm³/mol. The monoisotopic (exact) mass is 508 g/mol. The molecule has 7 nitrogen and oxygen atoms in total. The highest BCUT2D eigenvalue weighted by Gasteiger charge is 2.13. The van der Waals surface area contributed by atoms with Crippen molar-refractivity contribution < 1.29 is 18.7 Å². The van der Waals surface area contributed by atoms with E-state index in [9.17, 15) is 9.18 Å². The van der Waals surface area contributed by atoms with Crippen LogP contribution in [0.15, 0.2) is 48.8 Å². The minimum absolute atomic E-state index is 0.0104. The fourth-order valence-corrected chi connectivity index (χ4v) is 3.04. The van der Waals surface area contributed by atoms with Gasteiger partial charge < -0.3 is 20.1 Å². The van der Waals surface area contributed by atoms with Gasteiger partial charge in [0.2, 0.25) is 5.91 Å². The zero-order valence-electron chi connectivity index (χ0n) is 16.5. The molecule has 2 N–H and O–H groups in total. The van der Waals surface area contributed by atoms with Crippen molar-refractivity contribution in [2.24, 2.45) is 0 Å². The molecule has 0 spiro atoms. The number of carbonyl (C=O) groups excluding carboxylic acids is 1. The molecule has 0 bridgehead atoms. The summed E-state index contributed by atoms with van der Waals surface area (Å²) in [5, 5.41) is 7.08. The molecule has 0 saturated heterocycles. The summed E-state index contributed by atoms with van der Waals surface area (Å²) in [6.07, 6.45) is 4.49. The first-order chi connectivity index (χ1) is 15.0. The first-order valence-electron chi connectivity index (χ1n) is 9.18. The molecule has 31 heavy (non-hydrogen) atoms. The lowest BCUT2D eigenvalue weighted by molar-refractivity contribution is -0.111. The van der Waals surface area contributed by atoms with E-state index in [0.29, 0.717) is 52.4 Å². The number of hydrogen-bond acceptors (Lipinski definition) is 6. The zero-order valence-corrected chi connectivity index (χ0v) is 18.8. The number of aromatic nitrogens is 2. The topological polar surface area (TPSA) is 85.4 Å². The molecule has 1 aromatic heterocycles. The van der Waals surface area contributed by atoms with E-state index in [4.69, 9.17) is 21.1 Å². The van der Waals surface area contributed by atoms with Gasteiger partial charge in [-0.3, -0.25) is 4.79 Å². The van der Waals surface area contributed by atoms with E-state index in [0.717, 1.165) is 0 Å². The van der Waals surface area contributed by atoms with Gasteiger partial charge in [0, 0.05) is 35.7 Å². The molecule has 0 aliphatic carbocycles. The molecule has 162 valence electrons. The van der Waals surface area contributed by atoms with Gasteiger partial charge in [-0.25, -0.2) is 14.4 Å². The Morgan fingerprint density at radius 2 is 2.10 bits per heavy atom. The van der Waals surface area contributed by atoms with Gasteiger partial charge >= 0.3 is 0 Å². The molecular weight excluding hydrogens is 491 g/mol. The minimum Gasteiger partial charge on any atom is -0.489 e. The van der Waals surface area contributed by atoms with E-state index in [1.807, 2.05) is 0 Å². The van der Waals surface area contributed by atoms with Crippen molar-refractivity contribution in [1.29, 1.82) is 0 Å². The summed E-state index contributed by atoms with van der Waals surface area (Å²) in [5.41, 5.74) is 1.59. The van der Waals surface area contributed by atoms with E-state index < -0.39 is 5.82 Å². The first-order valence-corrected chi connectivity index (χ1v) is 10.7. The van der Waals surface area contributed by atoms with Crippen LogP contribution >= 0.6 is 27.5 Å². The van der Waals surface area contributed by atoms with Crippen molar-refractivity contribution in [3.63, 3.8) is 0 Å². The second-order valence-electron chi connectivity index (χ2n) is 6.23. The normalized spacial score (nSPS) is 11.1. The molecule has 0 aliphatic rings. The summed E-state index contributed by atoms with van der Waals surface area (Å²) >= 11 is 9.11. The van der Waals surface area contributed by atoms with Crippen molar-refractivity contribution in [1.82, 2.24) is 9.97 Å². The largest absolute Gasteiger partial charge is 0.489 e. The maximum absolute atomic E-state index is 13.5. The SMILES string of the molecule is COCCOc1cc2ncnc(Nc3ccc(F)c(Cl)c3)c2cc1NC(=O)/C=C/CBr. The molecule has 0 atom stereocenters. The summed E-state index contributed by atoms with van der Waals surface area (Å²) in [5.74, 6) is 0.0773. The van der Waals surface area contributed by atoms with Crippen LogP contribution in [0.3, 0.4) is 0 Å². The van der Waals surface area contributed by atoms with Gasteiger partial charge in [-0.1, -0.05) is 33.6 Å². The summed E-state index contributed by atoms with van der Waals surface area (Å²) < 4.78 is 24.3. The number of nitrogens with one attached hydrogen (secondary N) is 2. The first kappa shape index (κ1) is 22.9. The van der Waals surface area contributed by atoms with Crippen molar-refractivity contribution in [3.05, 3.63) is 59.7 Å². The fraction of sp³-hybridized carbons (Fsp3) is 0.190. The number of nitrogens with zero attached hydrogens (tertiary/aromatic N) is 2. The van der Waals surface area contributed by atoms with E-state index in [-0.39, 0.29) is 10.9 Å². The standard InChI is InChI=1S/C21H19BrClFN4O3/c1-30-7-8-31-19-11-17-14(10-18(19)28-20(29)3-2-6-22)21(26-12-25-17)27-13-4-5-16(24)15(23)9-13/h2-5,9-12H,6-8H2,1H3,(H,28,29)(H,25,26,27)/b3-2+. The Morgan fingerprint density at radius 3 is 2.84 bits per heavy atom. The number of rotatable bonds is 9. The Bertz CT molecular complexity index is 1110. The van der Waals surface area contributed by atoms with Gasteiger partial charge in [0.25, 0.3) is 0 Å². The summed E-state index contributed by atoms with van der Waals surface area (Å²) in [4.78, 5) is 20.8. The van der Waals surface area contributed by atoms with Gasteiger partial charge in [-0.2, -0.15) is 0 Å².